The van der Waals surface area contributed by atoms with E-state index in [9.17, 15) is 31.1 Å². The summed E-state index contributed by atoms with van der Waals surface area (Å²) in [4.78, 5) is 13.9. The van der Waals surface area contributed by atoms with Gasteiger partial charge in [0.05, 0.1) is 17.7 Å². The number of halogens is 6. The molecule has 0 atom stereocenters. The van der Waals surface area contributed by atoms with E-state index in [0.717, 1.165) is 4.90 Å². The highest BCUT2D eigenvalue weighted by Crippen LogP contribution is 2.36. The molecule has 0 spiro atoms. The van der Waals surface area contributed by atoms with E-state index in [2.05, 4.69) is 0 Å². The molecule has 2 rings (SSSR count). The van der Waals surface area contributed by atoms with Gasteiger partial charge in [0.2, 0.25) is 0 Å². The lowest BCUT2D eigenvalue weighted by molar-refractivity contribution is -0.143. The first-order valence-electron chi connectivity index (χ1n) is 8.14. The van der Waals surface area contributed by atoms with Crippen LogP contribution < -0.4 is 0 Å². The zero-order valence-electron chi connectivity index (χ0n) is 14.8. The minimum atomic E-state index is -5.02. The maximum absolute atomic E-state index is 13.0. The average Bonchev–Trinajstić information content (AvgIpc) is 2.63. The summed E-state index contributed by atoms with van der Waals surface area (Å²) in [5.74, 6) is -0.947. The van der Waals surface area contributed by atoms with Gasteiger partial charge in [-0.3, -0.25) is 4.79 Å². The Morgan fingerprint density at radius 1 is 0.929 bits per heavy atom. The van der Waals surface area contributed by atoms with Gasteiger partial charge in [0.15, 0.2) is 0 Å². The number of nitrogens with zero attached hydrogens (tertiary/aromatic N) is 1. The second-order valence-electron chi connectivity index (χ2n) is 6.00. The molecule has 0 radical (unpaired) electrons. The fourth-order valence-corrected chi connectivity index (χ4v) is 2.52. The van der Waals surface area contributed by atoms with Crippen molar-refractivity contribution in [2.24, 2.45) is 0 Å². The average molecular weight is 405 g/mol. The van der Waals surface area contributed by atoms with E-state index in [1.165, 1.54) is 7.11 Å². The van der Waals surface area contributed by atoms with Gasteiger partial charge < -0.3 is 9.64 Å². The van der Waals surface area contributed by atoms with Crippen molar-refractivity contribution in [3.8, 4) is 0 Å². The van der Waals surface area contributed by atoms with Crippen LogP contribution in [0.25, 0.3) is 0 Å². The van der Waals surface area contributed by atoms with E-state index >= 15 is 0 Å². The Balaban J connectivity index is 2.44. The number of ether oxygens (including phenoxy) is 1. The number of benzene rings is 2. The van der Waals surface area contributed by atoms with E-state index in [0.29, 0.717) is 17.7 Å². The highest BCUT2D eigenvalue weighted by atomic mass is 19.4. The first kappa shape index (κ1) is 21.7. The standard InChI is InChI=1S/C19H17F6NO2/c1-28-8-7-26(12-13-5-3-2-4-6-13)17(27)14-9-15(18(20,21)22)11-16(10-14)19(23,24)25/h2-6,9-11H,7-8,12H2,1H3. The Hall–Kier alpha value is -2.55. The summed E-state index contributed by atoms with van der Waals surface area (Å²) in [5.41, 5.74) is -3.07. The van der Waals surface area contributed by atoms with Crippen LogP contribution in [0.1, 0.15) is 27.0 Å². The number of methoxy groups -OCH3 is 1. The van der Waals surface area contributed by atoms with E-state index in [1.807, 2.05) is 0 Å². The van der Waals surface area contributed by atoms with Crippen LogP contribution in [0.5, 0.6) is 0 Å². The third-order valence-corrected chi connectivity index (χ3v) is 3.90. The number of hydrogen-bond donors (Lipinski definition) is 0. The van der Waals surface area contributed by atoms with Crippen molar-refractivity contribution in [1.29, 1.82) is 0 Å². The lowest BCUT2D eigenvalue weighted by Gasteiger charge is -2.24. The summed E-state index contributed by atoms with van der Waals surface area (Å²) in [6.07, 6.45) is -10.0. The monoisotopic (exact) mass is 405 g/mol. The van der Waals surface area contributed by atoms with E-state index < -0.39 is 35.0 Å². The molecule has 0 N–H and O–H groups in total. The minimum absolute atomic E-state index is 0.00181. The Labute approximate surface area is 157 Å². The molecule has 0 bridgehead atoms. The van der Waals surface area contributed by atoms with Gasteiger partial charge in [-0.15, -0.1) is 0 Å². The summed E-state index contributed by atoms with van der Waals surface area (Å²) >= 11 is 0. The number of alkyl halides is 6. The van der Waals surface area contributed by atoms with Gasteiger partial charge in [-0.05, 0) is 23.8 Å². The molecule has 0 aliphatic heterocycles. The van der Waals surface area contributed by atoms with Gasteiger partial charge in [-0.25, -0.2) is 0 Å². The van der Waals surface area contributed by atoms with Crippen LogP contribution in [0, 0.1) is 0 Å². The molecule has 0 aromatic heterocycles. The van der Waals surface area contributed by atoms with Crippen LogP contribution in [0.3, 0.4) is 0 Å². The maximum atomic E-state index is 13.0. The van der Waals surface area contributed by atoms with E-state index in [1.54, 1.807) is 30.3 Å². The molecule has 0 unspecified atom stereocenters. The lowest BCUT2D eigenvalue weighted by Crippen LogP contribution is -2.34. The molecule has 3 nitrogen and oxygen atoms in total. The lowest BCUT2D eigenvalue weighted by atomic mass is 10.0. The van der Waals surface area contributed by atoms with Crippen LogP contribution in [-0.4, -0.2) is 31.1 Å². The molecule has 0 aliphatic carbocycles. The second kappa shape index (κ2) is 8.64. The Kier molecular flexibility index (Phi) is 6.71. The van der Waals surface area contributed by atoms with Gasteiger partial charge in [0.1, 0.15) is 0 Å². The van der Waals surface area contributed by atoms with Crippen molar-refractivity contribution in [3.05, 3.63) is 70.8 Å². The Morgan fingerprint density at radius 3 is 1.93 bits per heavy atom. The van der Waals surface area contributed by atoms with Crippen molar-refractivity contribution < 1.29 is 35.9 Å². The molecular formula is C19H17F6NO2. The fraction of sp³-hybridized carbons (Fsp3) is 0.316. The van der Waals surface area contributed by atoms with Crippen LogP contribution in [0.15, 0.2) is 48.5 Å². The second-order valence-corrected chi connectivity index (χ2v) is 6.00. The van der Waals surface area contributed by atoms with E-state index in [4.69, 9.17) is 4.74 Å². The normalized spacial score (nSPS) is 12.1. The van der Waals surface area contributed by atoms with Gasteiger partial charge >= 0.3 is 12.4 Å². The molecule has 0 saturated carbocycles. The van der Waals surface area contributed by atoms with Crippen LogP contribution >= 0.6 is 0 Å². The third kappa shape index (κ3) is 5.72. The van der Waals surface area contributed by atoms with Crippen LogP contribution in [0.4, 0.5) is 26.3 Å². The smallest absolute Gasteiger partial charge is 0.383 e. The van der Waals surface area contributed by atoms with Gasteiger partial charge in [-0.2, -0.15) is 26.3 Å². The summed E-state index contributed by atoms with van der Waals surface area (Å²) in [7, 11) is 1.37. The van der Waals surface area contributed by atoms with Crippen molar-refractivity contribution in [3.63, 3.8) is 0 Å². The Bertz CT molecular complexity index is 770. The predicted octanol–water partition coefficient (Wildman–Crippen LogP) is 5.01. The summed E-state index contributed by atoms with van der Waals surface area (Å²) in [5, 5.41) is 0. The van der Waals surface area contributed by atoms with Crippen molar-refractivity contribution in [2.75, 3.05) is 20.3 Å². The number of carbonyl (C=O) groups excluding carboxylic acids is 1. The molecule has 2 aromatic carbocycles. The maximum Gasteiger partial charge on any atom is 0.416 e. The van der Waals surface area contributed by atoms with Gasteiger partial charge in [0.25, 0.3) is 5.91 Å². The SMILES string of the molecule is COCCN(Cc1ccccc1)C(=O)c1cc(C(F)(F)F)cc(C(F)(F)F)c1. The molecule has 28 heavy (non-hydrogen) atoms. The first-order valence-corrected chi connectivity index (χ1v) is 8.14. The van der Waals surface area contributed by atoms with Gasteiger partial charge in [-0.1, -0.05) is 30.3 Å². The van der Waals surface area contributed by atoms with Crippen LogP contribution in [-0.2, 0) is 23.6 Å². The quantitative estimate of drug-likeness (QED) is 0.632. The highest BCUT2D eigenvalue weighted by Gasteiger charge is 2.37. The fourth-order valence-electron chi connectivity index (χ4n) is 2.52. The number of hydrogen-bond acceptors (Lipinski definition) is 2. The topological polar surface area (TPSA) is 29.5 Å². The largest absolute Gasteiger partial charge is 0.416 e. The number of rotatable bonds is 6. The van der Waals surface area contributed by atoms with E-state index in [-0.39, 0.29) is 25.8 Å². The molecule has 0 aliphatic rings. The summed E-state index contributed by atoms with van der Waals surface area (Å²) in [6.45, 7) is 0.0894. The molecular weight excluding hydrogens is 388 g/mol. The predicted molar refractivity (Wildman–Crippen MR) is 89.5 cm³/mol. The van der Waals surface area contributed by atoms with Gasteiger partial charge in [0, 0.05) is 25.8 Å². The Morgan fingerprint density at radius 2 is 1.46 bits per heavy atom. The molecule has 0 saturated heterocycles. The van der Waals surface area contributed by atoms with Crippen LogP contribution in [0.2, 0.25) is 0 Å². The molecule has 1 amide bonds. The molecule has 9 heteroatoms. The number of carbonyl (C=O) groups is 1. The number of amides is 1. The molecule has 0 fully saturated rings. The van der Waals surface area contributed by atoms with Crippen molar-refractivity contribution >= 4 is 5.91 Å². The summed E-state index contributed by atoms with van der Waals surface area (Å²) in [6, 6.07) is 9.41. The van der Waals surface area contributed by atoms with Crippen molar-refractivity contribution in [1.82, 2.24) is 4.90 Å². The van der Waals surface area contributed by atoms with Crippen molar-refractivity contribution in [2.45, 2.75) is 18.9 Å². The zero-order valence-corrected chi connectivity index (χ0v) is 14.8. The minimum Gasteiger partial charge on any atom is -0.383 e. The highest BCUT2D eigenvalue weighted by molar-refractivity contribution is 5.94. The summed E-state index contributed by atoms with van der Waals surface area (Å²) < 4.78 is 83.1. The first-order chi connectivity index (χ1) is 13.0. The third-order valence-electron chi connectivity index (χ3n) is 3.90. The molecule has 152 valence electrons. The molecule has 0 heterocycles. The molecule has 2 aromatic rings. The zero-order chi connectivity index (χ0) is 20.9.